The minimum Gasteiger partial charge on any atom is -0.379 e. The third-order valence-electron chi connectivity index (χ3n) is 3.06. The molecule has 2 N–H and O–H groups in total. The van der Waals surface area contributed by atoms with Crippen molar-refractivity contribution in [3.63, 3.8) is 0 Å². The number of carbonyl (C=O) groups is 2. The van der Waals surface area contributed by atoms with Gasteiger partial charge in [-0.15, -0.1) is 0 Å². The molecule has 0 bridgehead atoms. The molecule has 0 aromatic heterocycles. The van der Waals surface area contributed by atoms with E-state index in [9.17, 15) is 9.59 Å². The Hall–Kier alpha value is -0.780. The van der Waals surface area contributed by atoms with Crippen LogP contribution in [0.2, 0.25) is 0 Å². The van der Waals surface area contributed by atoms with Crippen LogP contribution in [0.4, 0.5) is 0 Å². The molecular formula is C15H29NO4. The van der Waals surface area contributed by atoms with Crippen LogP contribution in [0.15, 0.2) is 0 Å². The number of hydrogen-bond acceptors (Lipinski definition) is 5. The maximum atomic E-state index is 11.6. The summed E-state index contributed by atoms with van der Waals surface area (Å²) >= 11 is 0. The predicted molar refractivity (Wildman–Crippen MR) is 78.5 cm³/mol. The number of nitrogens with two attached hydrogens (primary N) is 1. The van der Waals surface area contributed by atoms with Crippen LogP contribution >= 0.6 is 0 Å². The van der Waals surface area contributed by atoms with Crippen LogP contribution in [0.3, 0.4) is 0 Å². The first-order valence-electron chi connectivity index (χ1n) is 7.32. The Morgan fingerprint density at radius 1 is 0.950 bits per heavy atom. The van der Waals surface area contributed by atoms with Gasteiger partial charge in [-0.25, -0.2) is 0 Å². The Bertz CT molecular complexity index is 290. The smallest absolute Gasteiger partial charge is 0.160 e. The summed E-state index contributed by atoms with van der Waals surface area (Å²) in [6.07, 6.45) is 1.12. The summed E-state index contributed by atoms with van der Waals surface area (Å²) < 4.78 is 10.5. The second-order valence-electron chi connectivity index (χ2n) is 5.63. The molecule has 0 saturated carbocycles. The van der Waals surface area contributed by atoms with E-state index in [4.69, 9.17) is 15.2 Å². The van der Waals surface area contributed by atoms with Crippen molar-refractivity contribution in [2.45, 2.75) is 46.6 Å². The van der Waals surface area contributed by atoms with Crippen molar-refractivity contribution < 1.29 is 19.1 Å². The molecule has 20 heavy (non-hydrogen) atoms. The van der Waals surface area contributed by atoms with Crippen LogP contribution in [0, 0.1) is 11.8 Å². The number of ether oxygens (including phenoxy) is 2. The van der Waals surface area contributed by atoms with Crippen molar-refractivity contribution in [3.05, 3.63) is 0 Å². The first-order chi connectivity index (χ1) is 9.36. The fourth-order valence-corrected chi connectivity index (χ4v) is 1.45. The van der Waals surface area contributed by atoms with Gasteiger partial charge in [0, 0.05) is 18.9 Å². The monoisotopic (exact) mass is 287 g/mol. The molecule has 0 aliphatic rings. The lowest BCUT2D eigenvalue weighted by molar-refractivity contribution is -0.127. The zero-order chi connectivity index (χ0) is 15.5. The molecule has 0 radical (unpaired) electrons. The van der Waals surface area contributed by atoms with Gasteiger partial charge in [-0.2, -0.15) is 0 Å². The molecule has 0 aromatic rings. The summed E-state index contributed by atoms with van der Waals surface area (Å²) in [4.78, 5) is 22.9. The number of ketones is 2. The van der Waals surface area contributed by atoms with E-state index in [1.54, 1.807) is 0 Å². The average Bonchev–Trinajstić information content (AvgIpc) is 2.39. The van der Waals surface area contributed by atoms with Gasteiger partial charge in [-0.1, -0.05) is 27.7 Å². The molecule has 0 rings (SSSR count). The molecule has 0 heterocycles. The topological polar surface area (TPSA) is 78.6 Å². The standard InChI is InChI=1S/C15H29NO4/c1-11(2)14(18)10-20-9-8-19-7-5-6-13(17)15(16)12(3)4/h11-12,15H,5-10,16H2,1-4H3. The lowest BCUT2D eigenvalue weighted by Crippen LogP contribution is -2.35. The van der Waals surface area contributed by atoms with Crippen LogP contribution in [0.1, 0.15) is 40.5 Å². The predicted octanol–water partition coefficient (Wildman–Crippen LogP) is 1.58. The minimum atomic E-state index is -0.375. The third kappa shape index (κ3) is 9.18. The normalized spacial score (nSPS) is 12.9. The van der Waals surface area contributed by atoms with Gasteiger partial charge in [0.15, 0.2) is 5.78 Å². The van der Waals surface area contributed by atoms with Crippen LogP contribution in [0.25, 0.3) is 0 Å². The lowest BCUT2D eigenvalue weighted by Gasteiger charge is -2.13. The Morgan fingerprint density at radius 3 is 2.10 bits per heavy atom. The van der Waals surface area contributed by atoms with Crippen molar-refractivity contribution in [3.8, 4) is 0 Å². The first kappa shape index (κ1) is 19.2. The Morgan fingerprint density at radius 2 is 1.55 bits per heavy atom. The second-order valence-corrected chi connectivity index (χ2v) is 5.63. The number of hydrogen-bond donors (Lipinski definition) is 1. The molecule has 0 aliphatic carbocycles. The minimum absolute atomic E-state index is 0.00657. The van der Waals surface area contributed by atoms with E-state index in [1.807, 2.05) is 27.7 Å². The molecule has 118 valence electrons. The van der Waals surface area contributed by atoms with Gasteiger partial charge < -0.3 is 15.2 Å². The third-order valence-corrected chi connectivity index (χ3v) is 3.06. The van der Waals surface area contributed by atoms with Gasteiger partial charge in [0.25, 0.3) is 0 Å². The van der Waals surface area contributed by atoms with Gasteiger partial charge in [-0.3, -0.25) is 9.59 Å². The summed E-state index contributed by atoms with van der Waals surface area (Å²) in [6.45, 7) is 9.07. The van der Waals surface area contributed by atoms with Crippen molar-refractivity contribution >= 4 is 11.6 Å². The molecule has 5 nitrogen and oxygen atoms in total. The van der Waals surface area contributed by atoms with E-state index in [1.165, 1.54) is 0 Å². The van der Waals surface area contributed by atoms with Crippen molar-refractivity contribution in [2.75, 3.05) is 26.4 Å². The Kier molecular flexibility index (Phi) is 10.5. The van der Waals surface area contributed by atoms with Crippen molar-refractivity contribution in [1.29, 1.82) is 0 Å². The summed E-state index contributed by atoms with van der Waals surface area (Å²) in [5.41, 5.74) is 5.75. The summed E-state index contributed by atoms with van der Waals surface area (Å²) in [5, 5.41) is 0. The number of rotatable bonds is 12. The quantitative estimate of drug-likeness (QED) is 0.551. The maximum absolute atomic E-state index is 11.6. The maximum Gasteiger partial charge on any atom is 0.160 e. The highest BCUT2D eigenvalue weighted by Crippen LogP contribution is 2.04. The van der Waals surface area contributed by atoms with E-state index in [-0.39, 0.29) is 36.1 Å². The summed E-state index contributed by atoms with van der Waals surface area (Å²) in [7, 11) is 0. The van der Waals surface area contributed by atoms with Crippen molar-refractivity contribution in [1.82, 2.24) is 0 Å². The van der Waals surface area contributed by atoms with Crippen LogP contribution in [-0.4, -0.2) is 44.0 Å². The highest BCUT2D eigenvalue weighted by atomic mass is 16.5. The molecule has 0 aliphatic heterocycles. The summed E-state index contributed by atoms with van der Waals surface area (Å²) in [5.74, 6) is 0.364. The Labute approximate surface area is 122 Å². The largest absolute Gasteiger partial charge is 0.379 e. The van der Waals surface area contributed by atoms with Crippen LogP contribution in [-0.2, 0) is 19.1 Å². The SMILES string of the molecule is CC(C)C(=O)COCCOCCCC(=O)C(N)C(C)C. The van der Waals surface area contributed by atoms with Crippen LogP contribution in [0.5, 0.6) is 0 Å². The molecule has 0 fully saturated rings. The van der Waals surface area contributed by atoms with Gasteiger partial charge in [-0.05, 0) is 12.3 Å². The van der Waals surface area contributed by atoms with E-state index in [0.29, 0.717) is 32.7 Å². The van der Waals surface area contributed by atoms with Gasteiger partial charge >= 0.3 is 0 Å². The zero-order valence-electron chi connectivity index (χ0n) is 13.2. The molecule has 5 heteroatoms. The fourth-order valence-electron chi connectivity index (χ4n) is 1.45. The number of carbonyl (C=O) groups excluding carboxylic acids is 2. The van der Waals surface area contributed by atoms with Crippen LogP contribution < -0.4 is 5.73 Å². The summed E-state index contributed by atoms with van der Waals surface area (Å²) in [6, 6.07) is -0.375. The molecule has 0 aromatic carbocycles. The molecule has 0 amide bonds. The molecule has 1 unspecified atom stereocenters. The van der Waals surface area contributed by atoms with E-state index in [2.05, 4.69) is 0 Å². The molecule has 0 saturated heterocycles. The number of Topliss-reactive ketones (excluding diaryl/α,β-unsaturated/α-hetero) is 2. The molecule has 1 atom stereocenters. The highest BCUT2D eigenvalue weighted by molar-refractivity contribution is 5.83. The Balaban J connectivity index is 3.41. The van der Waals surface area contributed by atoms with Gasteiger partial charge in [0.05, 0.1) is 19.3 Å². The van der Waals surface area contributed by atoms with E-state index < -0.39 is 0 Å². The first-order valence-corrected chi connectivity index (χ1v) is 7.32. The van der Waals surface area contributed by atoms with Gasteiger partial charge in [0.2, 0.25) is 0 Å². The van der Waals surface area contributed by atoms with E-state index in [0.717, 1.165) is 0 Å². The molecular weight excluding hydrogens is 258 g/mol. The van der Waals surface area contributed by atoms with Crippen molar-refractivity contribution in [2.24, 2.45) is 17.6 Å². The second kappa shape index (κ2) is 10.9. The highest BCUT2D eigenvalue weighted by Gasteiger charge is 2.16. The fraction of sp³-hybridized carbons (Fsp3) is 0.867. The zero-order valence-corrected chi connectivity index (χ0v) is 13.2. The van der Waals surface area contributed by atoms with Gasteiger partial charge in [0.1, 0.15) is 12.4 Å². The molecule has 0 spiro atoms. The van der Waals surface area contributed by atoms with E-state index >= 15 is 0 Å². The lowest BCUT2D eigenvalue weighted by atomic mass is 9.98. The average molecular weight is 287 g/mol.